The molecule has 0 unspecified atom stereocenters. The topological polar surface area (TPSA) is 24.8 Å². The van der Waals surface area contributed by atoms with Gasteiger partial charge in [-0.1, -0.05) is 18.2 Å². The fourth-order valence-electron chi connectivity index (χ4n) is 2.26. The average Bonchev–Trinajstić information content (AvgIpc) is 2.56. The molecule has 0 N–H and O–H groups in total. The molecule has 0 radical (unpaired) electrons. The maximum atomic E-state index is 13.9. The predicted molar refractivity (Wildman–Crippen MR) is 93.4 cm³/mol. The fraction of sp³-hybridized carbons (Fsp3) is 0.316. The van der Waals surface area contributed by atoms with E-state index in [9.17, 15) is 4.39 Å². The molecule has 23 heavy (non-hydrogen) atoms. The van der Waals surface area contributed by atoms with Gasteiger partial charge in [0.05, 0.1) is 13.4 Å². The summed E-state index contributed by atoms with van der Waals surface area (Å²) in [5.41, 5.74) is 3.57. The number of ether oxygens (including phenoxy) is 1. The second-order valence-electron chi connectivity index (χ2n) is 5.54. The lowest BCUT2D eigenvalue weighted by atomic mass is 9.99. The normalized spacial score (nSPS) is 11.0. The standard InChI is InChI=1S/C19H23FN2O/c1-5-22(3)13-21-18-10-14(2)16(12-19(18)23-4)11-15-8-6-7-9-17(15)20/h6-10,12-13H,5,11H2,1-4H3. The predicted octanol–water partition coefficient (Wildman–Crippen LogP) is 4.35. The first-order valence-electron chi connectivity index (χ1n) is 7.70. The van der Waals surface area contributed by atoms with Gasteiger partial charge < -0.3 is 9.64 Å². The summed E-state index contributed by atoms with van der Waals surface area (Å²) in [4.78, 5) is 6.46. The highest BCUT2D eigenvalue weighted by molar-refractivity contribution is 5.66. The third-order valence-corrected chi connectivity index (χ3v) is 3.87. The van der Waals surface area contributed by atoms with Gasteiger partial charge in [-0.05, 0) is 48.7 Å². The summed E-state index contributed by atoms with van der Waals surface area (Å²) in [6.45, 7) is 4.96. The third-order valence-electron chi connectivity index (χ3n) is 3.87. The van der Waals surface area contributed by atoms with Crippen LogP contribution in [0.5, 0.6) is 5.75 Å². The van der Waals surface area contributed by atoms with Crippen molar-refractivity contribution in [2.24, 2.45) is 4.99 Å². The zero-order chi connectivity index (χ0) is 16.8. The molecule has 0 atom stereocenters. The van der Waals surface area contributed by atoms with Crippen LogP contribution in [0.15, 0.2) is 41.4 Å². The Labute approximate surface area is 137 Å². The zero-order valence-corrected chi connectivity index (χ0v) is 14.1. The van der Waals surface area contributed by atoms with Crippen molar-refractivity contribution in [3.63, 3.8) is 0 Å². The smallest absolute Gasteiger partial charge is 0.144 e. The number of methoxy groups -OCH3 is 1. The molecular formula is C19H23FN2O. The van der Waals surface area contributed by atoms with Crippen LogP contribution in [-0.4, -0.2) is 31.9 Å². The molecule has 2 aromatic carbocycles. The van der Waals surface area contributed by atoms with Crippen LogP contribution in [0.3, 0.4) is 0 Å². The highest BCUT2D eigenvalue weighted by Gasteiger charge is 2.10. The number of rotatable bonds is 6. The van der Waals surface area contributed by atoms with Crippen molar-refractivity contribution in [2.75, 3.05) is 20.7 Å². The Balaban J connectivity index is 2.33. The molecule has 122 valence electrons. The minimum Gasteiger partial charge on any atom is -0.494 e. The molecule has 0 aliphatic heterocycles. The van der Waals surface area contributed by atoms with Crippen LogP contribution >= 0.6 is 0 Å². The minimum absolute atomic E-state index is 0.183. The summed E-state index contributed by atoms with van der Waals surface area (Å²) in [6.07, 6.45) is 2.32. The van der Waals surface area contributed by atoms with Gasteiger partial charge in [-0.2, -0.15) is 0 Å². The molecule has 2 rings (SSSR count). The van der Waals surface area contributed by atoms with E-state index in [2.05, 4.69) is 11.9 Å². The zero-order valence-electron chi connectivity index (χ0n) is 14.1. The maximum Gasteiger partial charge on any atom is 0.144 e. The number of aliphatic imine (C=N–C) groups is 1. The van der Waals surface area contributed by atoms with E-state index in [1.807, 2.05) is 43.1 Å². The number of hydrogen-bond donors (Lipinski definition) is 0. The van der Waals surface area contributed by atoms with Gasteiger partial charge in [0, 0.05) is 20.0 Å². The highest BCUT2D eigenvalue weighted by Crippen LogP contribution is 2.32. The van der Waals surface area contributed by atoms with E-state index in [4.69, 9.17) is 4.74 Å². The van der Waals surface area contributed by atoms with E-state index < -0.39 is 0 Å². The number of benzene rings is 2. The second kappa shape index (κ2) is 7.77. The lowest BCUT2D eigenvalue weighted by Crippen LogP contribution is -2.14. The molecule has 0 aliphatic carbocycles. The largest absolute Gasteiger partial charge is 0.494 e. The molecule has 3 nitrogen and oxygen atoms in total. The average molecular weight is 314 g/mol. The molecule has 0 saturated carbocycles. The summed E-state index contributed by atoms with van der Waals surface area (Å²) < 4.78 is 19.3. The number of nitrogens with zero attached hydrogens (tertiary/aromatic N) is 2. The van der Waals surface area contributed by atoms with E-state index in [1.54, 1.807) is 19.5 Å². The Kier molecular flexibility index (Phi) is 5.74. The molecule has 0 aliphatic rings. The van der Waals surface area contributed by atoms with Gasteiger partial charge >= 0.3 is 0 Å². The number of halogens is 1. The van der Waals surface area contributed by atoms with Crippen LogP contribution in [0.1, 0.15) is 23.6 Å². The van der Waals surface area contributed by atoms with Crippen molar-refractivity contribution in [2.45, 2.75) is 20.3 Å². The van der Waals surface area contributed by atoms with E-state index in [0.717, 1.165) is 23.4 Å². The van der Waals surface area contributed by atoms with Gasteiger partial charge in [-0.25, -0.2) is 9.38 Å². The first kappa shape index (κ1) is 17.0. The van der Waals surface area contributed by atoms with Crippen molar-refractivity contribution >= 4 is 12.0 Å². The van der Waals surface area contributed by atoms with Gasteiger partial charge in [0.1, 0.15) is 17.3 Å². The SMILES string of the molecule is CCN(C)C=Nc1cc(C)c(Cc2ccccc2F)cc1OC. The Hall–Kier alpha value is -2.36. The van der Waals surface area contributed by atoms with Crippen LogP contribution in [0.25, 0.3) is 0 Å². The second-order valence-corrected chi connectivity index (χ2v) is 5.54. The summed E-state index contributed by atoms with van der Waals surface area (Å²) in [6, 6.07) is 10.8. The quantitative estimate of drug-likeness (QED) is 0.585. The van der Waals surface area contributed by atoms with Gasteiger partial charge in [-0.15, -0.1) is 0 Å². The molecule has 2 aromatic rings. The van der Waals surface area contributed by atoms with E-state index in [0.29, 0.717) is 17.7 Å². The summed E-state index contributed by atoms with van der Waals surface area (Å²) in [5.74, 6) is 0.514. The monoisotopic (exact) mass is 314 g/mol. The van der Waals surface area contributed by atoms with E-state index in [1.165, 1.54) is 6.07 Å². The molecule has 4 heteroatoms. The first-order valence-corrected chi connectivity index (χ1v) is 7.70. The van der Waals surface area contributed by atoms with Gasteiger partial charge in [0.15, 0.2) is 0 Å². The Morgan fingerprint density at radius 1 is 1.22 bits per heavy atom. The van der Waals surface area contributed by atoms with Gasteiger partial charge in [-0.3, -0.25) is 0 Å². The lowest BCUT2D eigenvalue weighted by molar-refractivity contribution is 0.415. The minimum atomic E-state index is -0.183. The number of aryl methyl sites for hydroxylation is 1. The Morgan fingerprint density at radius 3 is 2.61 bits per heavy atom. The van der Waals surface area contributed by atoms with Gasteiger partial charge in [0.2, 0.25) is 0 Å². The molecule has 0 aromatic heterocycles. The summed E-state index contributed by atoms with van der Waals surface area (Å²) in [5, 5.41) is 0. The maximum absolute atomic E-state index is 13.9. The number of hydrogen-bond acceptors (Lipinski definition) is 2. The summed E-state index contributed by atoms with van der Waals surface area (Å²) in [7, 11) is 3.59. The summed E-state index contributed by atoms with van der Waals surface area (Å²) >= 11 is 0. The van der Waals surface area contributed by atoms with Crippen molar-refractivity contribution in [3.05, 3.63) is 58.9 Å². The molecule has 0 saturated heterocycles. The van der Waals surface area contributed by atoms with Crippen molar-refractivity contribution in [1.29, 1.82) is 0 Å². The molecule has 0 spiro atoms. The lowest BCUT2D eigenvalue weighted by Gasteiger charge is -2.13. The highest BCUT2D eigenvalue weighted by atomic mass is 19.1. The molecule has 0 heterocycles. The van der Waals surface area contributed by atoms with Crippen molar-refractivity contribution in [1.82, 2.24) is 4.90 Å². The Morgan fingerprint density at radius 2 is 1.96 bits per heavy atom. The third kappa shape index (κ3) is 4.31. The first-order chi connectivity index (χ1) is 11.0. The van der Waals surface area contributed by atoms with Crippen LogP contribution in [0.2, 0.25) is 0 Å². The molecule has 0 bridgehead atoms. The van der Waals surface area contributed by atoms with Crippen LogP contribution in [0, 0.1) is 12.7 Å². The van der Waals surface area contributed by atoms with E-state index >= 15 is 0 Å². The van der Waals surface area contributed by atoms with Crippen LogP contribution < -0.4 is 4.74 Å². The van der Waals surface area contributed by atoms with Crippen LogP contribution in [0.4, 0.5) is 10.1 Å². The van der Waals surface area contributed by atoms with Crippen LogP contribution in [-0.2, 0) is 6.42 Å². The molecular weight excluding hydrogens is 291 g/mol. The molecule has 0 fully saturated rings. The van der Waals surface area contributed by atoms with Gasteiger partial charge in [0.25, 0.3) is 0 Å². The molecule has 0 amide bonds. The van der Waals surface area contributed by atoms with E-state index in [-0.39, 0.29) is 5.82 Å². The fourth-order valence-corrected chi connectivity index (χ4v) is 2.26. The van der Waals surface area contributed by atoms with Crippen molar-refractivity contribution in [3.8, 4) is 5.75 Å². The Bertz CT molecular complexity index is 698. The van der Waals surface area contributed by atoms with Crippen molar-refractivity contribution < 1.29 is 9.13 Å².